The van der Waals surface area contributed by atoms with Crippen molar-refractivity contribution in [2.24, 2.45) is 0 Å². The number of nitrogens with one attached hydrogen (secondary N) is 2. The lowest BCUT2D eigenvalue weighted by molar-refractivity contribution is 0.307. The van der Waals surface area contributed by atoms with Crippen LogP contribution < -0.4 is 10.0 Å². The van der Waals surface area contributed by atoms with Crippen LogP contribution in [0, 0.1) is 0 Å². The topological polar surface area (TPSA) is 74.3 Å². The molecule has 1 fully saturated rings. The van der Waals surface area contributed by atoms with Crippen LogP contribution >= 0.6 is 11.8 Å². The third-order valence-corrected chi connectivity index (χ3v) is 5.66. The number of rotatable bonds is 7. The number of aromatic nitrogens is 1. The minimum absolute atomic E-state index is 0.209. The van der Waals surface area contributed by atoms with Crippen molar-refractivity contribution in [2.75, 3.05) is 49.5 Å². The largest absolute Gasteiger partial charge is 0.369 e. The van der Waals surface area contributed by atoms with Crippen LogP contribution in [0.1, 0.15) is 6.92 Å². The Labute approximate surface area is 130 Å². The summed E-state index contributed by atoms with van der Waals surface area (Å²) < 4.78 is 27.4. The first-order chi connectivity index (χ1) is 10.1. The molecule has 21 heavy (non-hydrogen) atoms. The molecule has 0 radical (unpaired) electrons. The number of sulfonamides is 1. The second-order valence-corrected chi connectivity index (χ2v) is 7.69. The third kappa shape index (κ3) is 4.84. The number of hydrogen-bond donors (Lipinski definition) is 2. The summed E-state index contributed by atoms with van der Waals surface area (Å²) in [6, 6.07) is 3.21. The molecule has 0 spiro atoms. The van der Waals surface area contributed by atoms with E-state index in [1.165, 1.54) is 0 Å². The van der Waals surface area contributed by atoms with Gasteiger partial charge in [-0.3, -0.25) is 0 Å². The van der Waals surface area contributed by atoms with Gasteiger partial charge in [0.2, 0.25) is 10.0 Å². The molecule has 0 atom stereocenters. The summed E-state index contributed by atoms with van der Waals surface area (Å²) in [5.41, 5.74) is 0. The van der Waals surface area contributed by atoms with Crippen molar-refractivity contribution in [1.29, 1.82) is 0 Å². The number of anilines is 1. The highest BCUT2D eigenvalue weighted by atomic mass is 32.2. The van der Waals surface area contributed by atoms with Gasteiger partial charge in [-0.1, -0.05) is 0 Å². The van der Waals surface area contributed by atoms with Crippen molar-refractivity contribution < 1.29 is 8.42 Å². The van der Waals surface area contributed by atoms with Crippen LogP contribution in [0.2, 0.25) is 0 Å². The van der Waals surface area contributed by atoms with Gasteiger partial charge in [-0.25, -0.2) is 18.1 Å². The van der Waals surface area contributed by atoms with Crippen LogP contribution in [0.5, 0.6) is 0 Å². The predicted octanol–water partition coefficient (Wildman–Crippen LogP) is 0.841. The monoisotopic (exact) mass is 330 g/mol. The molecule has 2 rings (SSSR count). The van der Waals surface area contributed by atoms with E-state index in [2.05, 4.69) is 19.9 Å². The Balaban J connectivity index is 1.94. The van der Waals surface area contributed by atoms with Crippen molar-refractivity contribution >= 4 is 27.6 Å². The van der Waals surface area contributed by atoms with Gasteiger partial charge in [0, 0.05) is 50.4 Å². The first-order valence-corrected chi connectivity index (χ1v) is 9.76. The normalized spacial score (nSPS) is 16.8. The summed E-state index contributed by atoms with van der Waals surface area (Å²) >= 11 is 1.95. The molecule has 0 amide bonds. The molecule has 1 aromatic rings. The van der Waals surface area contributed by atoms with Crippen LogP contribution in [0.4, 0.5) is 5.82 Å². The highest BCUT2D eigenvalue weighted by Crippen LogP contribution is 2.17. The Hall–Kier alpha value is -0.830. The molecule has 118 valence electrons. The smallest absolute Gasteiger partial charge is 0.244 e. The van der Waals surface area contributed by atoms with Crippen molar-refractivity contribution in [1.82, 2.24) is 14.6 Å². The van der Waals surface area contributed by atoms with E-state index >= 15 is 0 Å². The predicted molar refractivity (Wildman–Crippen MR) is 87.4 cm³/mol. The summed E-state index contributed by atoms with van der Waals surface area (Å²) in [5.74, 6) is 2.65. The Morgan fingerprint density at radius 1 is 1.38 bits per heavy atom. The molecule has 1 saturated heterocycles. The van der Waals surface area contributed by atoms with Gasteiger partial charge in [-0.05, 0) is 19.1 Å². The molecule has 1 aliphatic heterocycles. The summed E-state index contributed by atoms with van der Waals surface area (Å²) in [6.07, 6.45) is 1.59. The van der Waals surface area contributed by atoms with Crippen LogP contribution in [-0.4, -0.2) is 62.5 Å². The van der Waals surface area contributed by atoms with Crippen LogP contribution in [0.15, 0.2) is 23.2 Å². The van der Waals surface area contributed by atoms with E-state index in [1.807, 2.05) is 18.7 Å². The maximum Gasteiger partial charge on any atom is 0.244 e. The Kier molecular flexibility index (Phi) is 6.28. The molecule has 0 unspecified atom stereocenters. The Morgan fingerprint density at radius 2 is 2.14 bits per heavy atom. The molecule has 2 heterocycles. The Morgan fingerprint density at radius 3 is 2.86 bits per heavy atom. The number of nitrogens with zero attached hydrogens (tertiary/aromatic N) is 2. The van der Waals surface area contributed by atoms with Crippen molar-refractivity contribution in [2.45, 2.75) is 11.8 Å². The van der Waals surface area contributed by atoms with Crippen LogP contribution in [0.25, 0.3) is 0 Å². The van der Waals surface area contributed by atoms with E-state index in [1.54, 1.807) is 18.3 Å². The Bertz CT molecular complexity index is 545. The van der Waals surface area contributed by atoms with E-state index in [0.717, 1.165) is 31.1 Å². The SMILES string of the molecule is CCNc1ncccc1S(=O)(=O)NCCN1CCSCC1. The fourth-order valence-electron chi connectivity index (χ4n) is 2.15. The molecule has 1 aliphatic rings. The quantitative estimate of drug-likeness (QED) is 0.772. The van der Waals surface area contributed by atoms with Gasteiger partial charge in [0.05, 0.1) is 0 Å². The molecule has 0 aromatic carbocycles. The zero-order valence-corrected chi connectivity index (χ0v) is 13.8. The standard InChI is InChI=1S/C13H22N4O2S2/c1-2-14-13-12(4-3-5-15-13)21(18,19)16-6-7-17-8-10-20-11-9-17/h3-5,16H,2,6-11H2,1H3,(H,14,15). The number of thioether (sulfide) groups is 1. The van der Waals surface area contributed by atoms with Crippen molar-refractivity contribution in [3.05, 3.63) is 18.3 Å². The lowest BCUT2D eigenvalue weighted by Crippen LogP contribution is -2.39. The van der Waals surface area contributed by atoms with E-state index in [-0.39, 0.29) is 4.90 Å². The van der Waals surface area contributed by atoms with Gasteiger partial charge >= 0.3 is 0 Å². The molecule has 0 bridgehead atoms. The minimum Gasteiger partial charge on any atom is -0.369 e. The van der Waals surface area contributed by atoms with Gasteiger partial charge in [0.15, 0.2) is 0 Å². The number of pyridine rings is 1. The first kappa shape index (κ1) is 16.5. The fraction of sp³-hybridized carbons (Fsp3) is 0.615. The van der Waals surface area contributed by atoms with Crippen LogP contribution in [0.3, 0.4) is 0 Å². The fourth-order valence-corrected chi connectivity index (χ4v) is 4.28. The third-order valence-electron chi connectivity index (χ3n) is 3.23. The van der Waals surface area contributed by atoms with E-state index in [4.69, 9.17) is 0 Å². The van der Waals surface area contributed by atoms with E-state index in [9.17, 15) is 8.42 Å². The van der Waals surface area contributed by atoms with Crippen LogP contribution in [-0.2, 0) is 10.0 Å². The number of hydrogen-bond acceptors (Lipinski definition) is 6. The molecule has 0 aliphatic carbocycles. The summed E-state index contributed by atoms with van der Waals surface area (Å²) in [6.45, 7) is 5.77. The van der Waals surface area contributed by atoms with Gasteiger partial charge in [0.25, 0.3) is 0 Å². The first-order valence-electron chi connectivity index (χ1n) is 7.12. The summed E-state index contributed by atoms with van der Waals surface area (Å²) in [4.78, 5) is 6.58. The maximum atomic E-state index is 12.4. The lowest BCUT2D eigenvalue weighted by atomic mass is 10.4. The average Bonchev–Trinajstić information content (AvgIpc) is 2.49. The van der Waals surface area contributed by atoms with Gasteiger partial charge in [-0.15, -0.1) is 0 Å². The minimum atomic E-state index is -3.52. The van der Waals surface area contributed by atoms with E-state index < -0.39 is 10.0 Å². The van der Waals surface area contributed by atoms with Gasteiger partial charge in [-0.2, -0.15) is 11.8 Å². The second-order valence-electron chi connectivity index (χ2n) is 4.73. The lowest BCUT2D eigenvalue weighted by Gasteiger charge is -2.26. The summed E-state index contributed by atoms with van der Waals surface area (Å²) in [7, 11) is -3.52. The highest BCUT2D eigenvalue weighted by Gasteiger charge is 2.19. The summed E-state index contributed by atoms with van der Waals surface area (Å²) in [5, 5.41) is 2.98. The van der Waals surface area contributed by atoms with Gasteiger partial charge < -0.3 is 10.2 Å². The second kappa shape index (κ2) is 7.98. The molecule has 1 aromatic heterocycles. The molecule has 2 N–H and O–H groups in total. The molecular weight excluding hydrogens is 308 g/mol. The maximum absolute atomic E-state index is 12.4. The zero-order valence-electron chi connectivity index (χ0n) is 12.2. The molecule has 8 heteroatoms. The van der Waals surface area contributed by atoms with E-state index in [0.29, 0.717) is 18.9 Å². The molecular formula is C13H22N4O2S2. The van der Waals surface area contributed by atoms with Gasteiger partial charge in [0.1, 0.15) is 10.7 Å². The highest BCUT2D eigenvalue weighted by molar-refractivity contribution is 7.99. The average molecular weight is 330 g/mol. The molecule has 6 nitrogen and oxygen atoms in total. The van der Waals surface area contributed by atoms with Crippen molar-refractivity contribution in [3.63, 3.8) is 0 Å². The van der Waals surface area contributed by atoms with Crippen molar-refractivity contribution in [3.8, 4) is 0 Å². The zero-order chi connectivity index (χ0) is 15.1. The molecule has 0 saturated carbocycles.